The maximum Gasteiger partial charge on any atom is 0.0849 e. The normalized spacial score (nSPS) is 18.7. The predicted octanol–water partition coefficient (Wildman–Crippen LogP) is 0.754. The molecule has 1 fully saturated rings. The Balaban J connectivity index is 1.78. The zero-order chi connectivity index (χ0) is 12.1. The average molecular weight is 239 g/mol. The van der Waals surface area contributed by atoms with Crippen LogP contribution in [0.5, 0.6) is 0 Å². The highest BCUT2D eigenvalue weighted by Crippen LogP contribution is 2.28. The van der Waals surface area contributed by atoms with Gasteiger partial charge in [0.05, 0.1) is 18.3 Å². The number of nitrogens with zero attached hydrogens (tertiary/aromatic N) is 3. The molecule has 0 aromatic carbocycles. The van der Waals surface area contributed by atoms with Crippen molar-refractivity contribution in [1.82, 2.24) is 15.0 Å². The summed E-state index contributed by atoms with van der Waals surface area (Å²) in [4.78, 5) is 0. The lowest BCUT2D eigenvalue weighted by atomic mass is 10.0. The van der Waals surface area contributed by atoms with Crippen LogP contribution < -0.4 is 0 Å². The van der Waals surface area contributed by atoms with Crippen molar-refractivity contribution in [2.75, 3.05) is 6.61 Å². The van der Waals surface area contributed by atoms with Gasteiger partial charge in [-0.15, -0.1) is 5.10 Å². The third-order valence-corrected chi connectivity index (χ3v) is 3.43. The molecule has 1 saturated carbocycles. The van der Waals surface area contributed by atoms with E-state index in [1.807, 2.05) is 0 Å². The van der Waals surface area contributed by atoms with Gasteiger partial charge in [0.2, 0.25) is 0 Å². The summed E-state index contributed by atoms with van der Waals surface area (Å²) < 4.78 is 1.67. The van der Waals surface area contributed by atoms with E-state index in [2.05, 4.69) is 10.3 Å². The standard InChI is InChI=1S/C12H21N3O2/c16-6-5-11-8-15(14-13-11)9-12(17)7-10-3-1-2-4-10/h8,10,12,16-17H,1-7,9H2. The fourth-order valence-electron chi connectivity index (χ4n) is 2.58. The van der Waals surface area contributed by atoms with Crippen LogP contribution in [0, 0.1) is 5.92 Å². The first-order valence-corrected chi connectivity index (χ1v) is 6.46. The molecule has 2 N–H and O–H groups in total. The second-order valence-electron chi connectivity index (χ2n) is 4.95. The molecule has 1 aliphatic rings. The highest BCUT2D eigenvalue weighted by molar-refractivity contribution is 4.92. The van der Waals surface area contributed by atoms with Crippen molar-refractivity contribution in [2.24, 2.45) is 5.92 Å². The summed E-state index contributed by atoms with van der Waals surface area (Å²) in [6, 6.07) is 0. The van der Waals surface area contributed by atoms with Crippen LogP contribution in [-0.4, -0.2) is 37.9 Å². The molecule has 0 bridgehead atoms. The van der Waals surface area contributed by atoms with Crippen molar-refractivity contribution in [3.8, 4) is 0 Å². The Morgan fingerprint density at radius 1 is 1.41 bits per heavy atom. The fourth-order valence-corrected chi connectivity index (χ4v) is 2.58. The molecule has 5 nitrogen and oxygen atoms in total. The molecular formula is C12H21N3O2. The van der Waals surface area contributed by atoms with Crippen LogP contribution in [0.15, 0.2) is 6.20 Å². The lowest BCUT2D eigenvalue weighted by molar-refractivity contribution is 0.120. The number of aliphatic hydroxyl groups is 2. The van der Waals surface area contributed by atoms with Crippen LogP contribution in [0.2, 0.25) is 0 Å². The molecular weight excluding hydrogens is 218 g/mol. The fraction of sp³-hybridized carbons (Fsp3) is 0.833. The molecule has 1 aliphatic carbocycles. The van der Waals surface area contributed by atoms with Crippen LogP contribution in [0.25, 0.3) is 0 Å². The van der Waals surface area contributed by atoms with E-state index >= 15 is 0 Å². The lowest BCUT2D eigenvalue weighted by Crippen LogP contribution is -2.19. The minimum atomic E-state index is -0.332. The number of aromatic nitrogens is 3. The van der Waals surface area contributed by atoms with Gasteiger partial charge in [0.25, 0.3) is 0 Å². The Bertz CT molecular complexity index is 334. The second kappa shape index (κ2) is 6.12. The largest absolute Gasteiger partial charge is 0.396 e. The average Bonchev–Trinajstić information content (AvgIpc) is 2.91. The van der Waals surface area contributed by atoms with E-state index in [4.69, 9.17) is 5.11 Å². The third-order valence-electron chi connectivity index (χ3n) is 3.43. The minimum Gasteiger partial charge on any atom is -0.396 e. The number of hydrogen-bond acceptors (Lipinski definition) is 4. The first-order valence-electron chi connectivity index (χ1n) is 6.46. The van der Waals surface area contributed by atoms with Crippen LogP contribution >= 0.6 is 0 Å². The van der Waals surface area contributed by atoms with Gasteiger partial charge < -0.3 is 10.2 Å². The lowest BCUT2D eigenvalue weighted by Gasteiger charge is -2.14. The van der Waals surface area contributed by atoms with Gasteiger partial charge in [-0.2, -0.15) is 0 Å². The van der Waals surface area contributed by atoms with Crippen LogP contribution in [-0.2, 0) is 13.0 Å². The Labute approximate surface area is 101 Å². The van der Waals surface area contributed by atoms with Gasteiger partial charge in [0.1, 0.15) is 0 Å². The number of rotatable bonds is 6. The maximum atomic E-state index is 9.96. The highest BCUT2D eigenvalue weighted by Gasteiger charge is 2.19. The van der Waals surface area contributed by atoms with E-state index in [1.54, 1.807) is 10.9 Å². The van der Waals surface area contributed by atoms with E-state index in [9.17, 15) is 5.11 Å². The molecule has 0 amide bonds. The Morgan fingerprint density at radius 2 is 2.18 bits per heavy atom. The first-order chi connectivity index (χ1) is 8.28. The zero-order valence-corrected chi connectivity index (χ0v) is 10.1. The highest BCUT2D eigenvalue weighted by atomic mass is 16.3. The quantitative estimate of drug-likeness (QED) is 0.768. The van der Waals surface area contributed by atoms with Crippen LogP contribution in [0.3, 0.4) is 0 Å². The molecule has 2 rings (SSSR count). The van der Waals surface area contributed by atoms with Gasteiger partial charge >= 0.3 is 0 Å². The molecule has 96 valence electrons. The van der Waals surface area contributed by atoms with Crippen LogP contribution in [0.1, 0.15) is 37.8 Å². The van der Waals surface area contributed by atoms with Gasteiger partial charge in [0.15, 0.2) is 0 Å². The van der Waals surface area contributed by atoms with Gasteiger partial charge in [-0.05, 0) is 12.3 Å². The van der Waals surface area contributed by atoms with Crippen molar-refractivity contribution in [3.63, 3.8) is 0 Å². The zero-order valence-electron chi connectivity index (χ0n) is 10.1. The molecule has 0 radical (unpaired) electrons. The Hall–Kier alpha value is -0.940. The molecule has 17 heavy (non-hydrogen) atoms. The Kier molecular flexibility index (Phi) is 4.50. The number of aliphatic hydroxyl groups excluding tert-OH is 2. The summed E-state index contributed by atoms with van der Waals surface area (Å²) in [7, 11) is 0. The summed E-state index contributed by atoms with van der Waals surface area (Å²) in [5.74, 6) is 0.686. The first kappa shape index (κ1) is 12.5. The van der Waals surface area contributed by atoms with E-state index in [0.29, 0.717) is 18.9 Å². The van der Waals surface area contributed by atoms with E-state index in [1.165, 1.54) is 25.7 Å². The summed E-state index contributed by atoms with van der Waals surface area (Å²) in [6.07, 6.45) is 7.99. The van der Waals surface area contributed by atoms with E-state index < -0.39 is 0 Å². The molecule has 1 aromatic rings. The predicted molar refractivity (Wildman–Crippen MR) is 63.4 cm³/mol. The monoisotopic (exact) mass is 239 g/mol. The molecule has 0 spiro atoms. The third kappa shape index (κ3) is 3.78. The minimum absolute atomic E-state index is 0.0866. The van der Waals surface area contributed by atoms with Crippen molar-refractivity contribution in [3.05, 3.63) is 11.9 Å². The van der Waals surface area contributed by atoms with Gasteiger partial charge in [-0.3, -0.25) is 0 Å². The molecule has 1 heterocycles. The SMILES string of the molecule is OCCc1cn(CC(O)CC2CCCC2)nn1. The molecule has 0 aliphatic heterocycles. The van der Waals surface area contributed by atoms with Crippen LogP contribution in [0.4, 0.5) is 0 Å². The smallest absolute Gasteiger partial charge is 0.0849 e. The van der Waals surface area contributed by atoms with E-state index in [-0.39, 0.29) is 12.7 Å². The van der Waals surface area contributed by atoms with Crippen molar-refractivity contribution in [2.45, 2.75) is 51.2 Å². The topological polar surface area (TPSA) is 71.2 Å². The Morgan fingerprint density at radius 3 is 2.88 bits per heavy atom. The van der Waals surface area contributed by atoms with Gasteiger partial charge in [-0.25, -0.2) is 4.68 Å². The molecule has 0 saturated heterocycles. The number of hydrogen-bond donors (Lipinski definition) is 2. The van der Waals surface area contributed by atoms with Crippen molar-refractivity contribution < 1.29 is 10.2 Å². The summed E-state index contributed by atoms with van der Waals surface area (Å²) in [6.45, 7) is 0.595. The molecule has 1 atom stereocenters. The van der Waals surface area contributed by atoms with Gasteiger partial charge in [-0.1, -0.05) is 30.9 Å². The summed E-state index contributed by atoms with van der Waals surface area (Å²) in [5, 5.41) is 26.6. The van der Waals surface area contributed by atoms with E-state index in [0.717, 1.165) is 12.1 Å². The molecule has 1 aromatic heterocycles. The van der Waals surface area contributed by atoms with Crippen molar-refractivity contribution in [1.29, 1.82) is 0 Å². The summed E-state index contributed by atoms with van der Waals surface area (Å²) >= 11 is 0. The maximum absolute atomic E-state index is 9.96. The molecule has 1 unspecified atom stereocenters. The second-order valence-corrected chi connectivity index (χ2v) is 4.95. The molecule has 5 heteroatoms. The summed E-state index contributed by atoms with van der Waals surface area (Å²) in [5.41, 5.74) is 0.778. The van der Waals surface area contributed by atoms with Crippen molar-refractivity contribution >= 4 is 0 Å². The van der Waals surface area contributed by atoms with Gasteiger partial charge in [0, 0.05) is 19.2 Å².